The molecule has 1 aromatic carbocycles. The van der Waals surface area contributed by atoms with Crippen LogP contribution in [-0.2, 0) is 21.2 Å². The van der Waals surface area contributed by atoms with Crippen LogP contribution < -0.4 is 11.1 Å². The second-order valence-corrected chi connectivity index (χ2v) is 7.44. The van der Waals surface area contributed by atoms with Crippen molar-refractivity contribution in [1.82, 2.24) is 0 Å². The maximum absolute atomic E-state index is 11.7. The molecule has 0 unspecified atom stereocenters. The van der Waals surface area contributed by atoms with Crippen LogP contribution in [0.3, 0.4) is 0 Å². The number of anilines is 1. The quantitative estimate of drug-likeness (QED) is 0.799. The average molecular weight is 298 g/mol. The number of amides is 1. The summed E-state index contributed by atoms with van der Waals surface area (Å²) in [6.07, 6.45) is -0.0259. The van der Waals surface area contributed by atoms with Crippen molar-refractivity contribution in [3.63, 3.8) is 0 Å². The van der Waals surface area contributed by atoms with Crippen molar-refractivity contribution < 1.29 is 13.2 Å². The highest BCUT2D eigenvalue weighted by molar-refractivity contribution is 7.91. The molecule has 0 bridgehead atoms. The van der Waals surface area contributed by atoms with Crippen LogP contribution in [-0.4, -0.2) is 25.8 Å². The summed E-state index contributed by atoms with van der Waals surface area (Å²) in [6, 6.07) is 7.19. The van der Waals surface area contributed by atoms with Crippen LogP contribution in [0.15, 0.2) is 24.3 Å². The van der Waals surface area contributed by atoms with Crippen LogP contribution in [0.25, 0.3) is 0 Å². The van der Waals surface area contributed by atoms with Gasteiger partial charge in [-0.2, -0.15) is 0 Å². The molecule has 3 N–H and O–H groups in total. The van der Waals surface area contributed by atoms with Crippen molar-refractivity contribution in [2.24, 2.45) is 11.7 Å². The molecule has 5 nitrogen and oxygen atoms in total. The lowest BCUT2D eigenvalue weighted by Crippen LogP contribution is -2.21. The Labute approximate surface area is 120 Å². The van der Waals surface area contributed by atoms with E-state index in [2.05, 4.69) is 5.32 Å². The summed E-state index contributed by atoms with van der Waals surface area (Å²) in [7, 11) is -3.16. The third kappa shape index (κ3) is 6.16. The third-order valence-corrected chi connectivity index (χ3v) is 4.67. The SMILES string of the molecule is CC(C)CS(=O)(=O)CCC(=O)Nc1cccc(CN)c1. The zero-order valence-corrected chi connectivity index (χ0v) is 12.7. The molecular weight excluding hydrogens is 276 g/mol. The number of carbonyl (C=O) groups is 1. The number of rotatable bonds is 7. The molecule has 6 heteroatoms. The van der Waals surface area contributed by atoms with E-state index < -0.39 is 9.84 Å². The lowest BCUT2D eigenvalue weighted by molar-refractivity contribution is -0.115. The van der Waals surface area contributed by atoms with E-state index in [0.717, 1.165) is 5.56 Å². The molecular formula is C14H22N2O3S. The van der Waals surface area contributed by atoms with Gasteiger partial charge in [-0.1, -0.05) is 26.0 Å². The lowest BCUT2D eigenvalue weighted by Gasteiger charge is -2.08. The number of sulfone groups is 1. The van der Waals surface area contributed by atoms with Crippen LogP contribution in [0.1, 0.15) is 25.8 Å². The monoisotopic (exact) mass is 298 g/mol. The number of hydrogen-bond donors (Lipinski definition) is 2. The number of benzene rings is 1. The van der Waals surface area contributed by atoms with Gasteiger partial charge in [0.15, 0.2) is 9.84 Å². The molecule has 0 saturated carbocycles. The molecule has 112 valence electrons. The van der Waals surface area contributed by atoms with Gasteiger partial charge in [0.2, 0.25) is 5.91 Å². The first kappa shape index (κ1) is 16.7. The van der Waals surface area contributed by atoms with Gasteiger partial charge in [-0.25, -0.2) is 8.42 Å². The molecule has 1 rings (SSSR count). The molecule has 0 fully saturated rings. The van der Waals surface area contributed by atoms with Crippen molar-refractivity contribution in [2.75, 3.05) is 16.8 Å². The highest BCUT2D eigenvalue weighted by atomic mass is 32.2. The van der Waals surface area contributed by atoms with Gasteiger partial charge in [0.1, 0.15) is 0 Å². The molecule has 0 saturated heterocycles. The Morgan fingerprint density at radius 2 is 2.05 bits per heavy atom. The summed E-state index contributed by atoms with van der Waals surface area (Å²) in [5.74, 6) is -0.230. The van der Waals surface area contributed by atoms with Gasteiger partial charge in [-0.3, -0.25) is 4.79 Å². The number of hydrogen-bond acceptors (Lipinski definition) is 4. The molecule has 0 aliphatic carbocycles. The highest BCUT2D eigenvalue weighted by Gasteiger charge is 2.15. The van der Waals surface area contributed by atoms with Gasteiger partial charge < -0.3 is 11.1 Å². The van der Waals surface area contributed by atoms with E-state index in [1.807, 2.05) is 19.9 Å². The molecule has 20 heavy (non-hydrogen) atoms. The molecule has 0 radical (unpaired) electrons. The van der Waals surface area contributed by atoms with Gasteiger partial charge in [-0.05, 0) is 23.6 Å². The second-order valence-electron chi connectivity index (χ2n) is 5.21. The Balaban J connectivity index is 2.51. The Kier molecular flexibility index (Phi) is 6.16. The Bertz CT molecular complexity index is 553. The second kappa shape index (κ2) is 7.40. The van der Waals surface area contributed by atoms with Crippen molar-refractivity contribution in [3.8, 4) is 0 Å². The van der Waals surface area contributed by atoms with Crippen LogP contribution in [0.2, 0.25) is 0 Å². The smallest absolute Gasteiger partial charge is 0.225 e. The van der Waals surface area contributed by atoms with E-state index in [1.165, 1.54) is 0 Å². The van der Waals surface area contributed by atoms with E-state index in [0.29, 0.717) is 12.2 Å². The highest BCUT2D eigenvalue weighted by Crippen LogP contribution is 2.11. The van der Waals surface area contributed by atoms with Crippen LogP contribution in [0.5, 0.6) is 0 Å². The zero-order chi connectivity index (χ0) is 15.2. The summed E-state index contributed by atoms with van der Waals surface area (Å²) in [4.78, 5) is 11.7. The summed E-state index contributed by atoms with van der Waals surface area (Å²) in [6.45, 7) is 4.08. The number of nitrogens with two attached hydrogens (primary N) is 1. The molecule has 0 aliphatic rings. The van der Waals surface area contributed by atoms with Gasteiger partial charge in [0.05, 0.1) is 11.5 Å². The van der Waals surface area contributed by atoms with E-state index >= 15 is 0 Å². The fraction of sp³-hybridized carbons (Fsp3) is 0.500. The molecule has 0 spiro atoms. The third-order valence-electron chi connectivity index (χ3n) is 2.67. The summed E-state index contributed by atoms with van der Waals surface area (Å²) in [5.41, 5.74) is 7.07. The molecule has 0 atom stereocenters. The van der Waals surface area contributed by atoms with E-state index in [9.17, 15) is 13.2 Å². The van der Waals surface area contributed by atoms with Crippen LogP contribution in [0, 0.1) is 5.92 Å². The number of carbonyl (C=O) groups excluding carboxylic acids is 1. The first-order chi connectivity index (χ1) is 9.32. The van der Waals surface area contributed by atoms with E-state index in [1.54, 1.807) is 18.2 Å². The van der Waals surface area contributed by atoms with Gasteiger partial charge in [0, 0.05) is 18.7 Å². The predicted molar refractivity (Wildman–Crippen MR) is 81.1 cm³/mol. The van der Waals surface area contributed by atoms with Crippen LogP contribution in [0.4, 0.5) is 5.69 Å². The number of nitrogens with one attached hydrogen (secondary N) is 1. The summed E-state index contributed by atoms with van der Waals surface area (Å²) >= 11 is 0. The van der Waals surface area contributed by atoms with Gasteiger partial charge >= 0.3 is 0 Å². The fourth-order valence-electron chi connectivity index (χ4n) is 1.84. The van der Waals surface area contributed by atoms with E-state index in [-0.39, 0.29) is 29.8 Å². The van der Waals surface area contributed by atoms with Crippen LogP contribution >= 0.6 is 0 Å². The topological polar surface area (TPSA) is 89.3 Å². The van der Waals surface area contributed by atoms with E-state index in [4.69, 9.17) is 5.73 Å². The molecule has 0 heterocycles. The largest absolute Gasteiger partial charge is 0.326 e. The van der Waals surface area contributed by atoms with Crippen molar-refractivity contribution in [2.45, 2.75) is 26.8 Å². The fourth-order valence-corrected chi connectivity index (χ4v) is 3.52. The minimum absolute atomic E-state index is 0.0259. The van der Waals surface area contributed by atoms with Crippen molar-refractivity contribution in [3.05, 3.63) is 29.8 Å². The minimum atomic E-state index is -3.16. The maximum atomic E-state index is 11.7. The normalized spacial score (nSPS) is 11.6. The zero-order valence-electron chi connectivity index (χ0n) is 11.9. The minimum Gasteiger partial charge on any atom is -0.326 e. The maximum Gasteiger partial charge on any atom is 0.225 e. The van der Waals surface area contributed by atoms with Crippen molar-refractivity contribution >= 4 is 21.4 Å². The Morgan fingerprint density at radius 3 is 2.65 bits per heavy atom. The predicted octanol–water partition coefficient (Wildman–Crippen LogP) is 1.54. The standard InChI is InChI=1S/C14H22N2O3S/c1-11(2)10-20(18,19)7-6-14(17)16-13-5-3-4-12(8-13)9-15/h3-5,8,11H,6-7,9-10,15H2,1-2H3,(H,16,17). The Hall–Kier alpha value is -1.40. The molecule has 0 aromatic heterocycles. The lowest BCUT2D eigenvalue weighted by atomic mass is 10.2. The van der Waals surface area contributed by atoms with Crippen molar-refractivity contribution in [1.29, 1.82) is 0 Å². The Morgan fingerprint density at radius 1 is 1.35 bits per heavy atom. The molecule has 1 aromatic rings. The molecule has 1 amide bonds. The first-order valence-electron chi connectivity index (χ1n) is 6.61. The van der Waals surface area contributed by atoms with Gasteiger partial charge in [0.25, 0.3) is 0 Å². The first-order valence-corrected chi connectivity index (χ1v) is 8.44. The molecule has 0 aliphatic heterocycles. The summed E-state index contributed by atoms with van der Waals surface area (Å²) in [5, 5.41) is 2.68. The van der Waals surface area contributed by atoms with Gasteiger partial charge in [-0.15, -0.1) is 0 Å². The summed E-state index contributed by atoms with van der Waals surface area (Å²) < 4.78 is 23.4. The average Bonchev–Trinajstić information content (AvgIpc) is 2.35.